The van der Waals surface area contributed by atoms with Crippen LogP contribution in [-0.2, 0) is 19.6 Å². The number of amides is 2. The van der Waals surface area contributed by atoms with Gasteiger partial charge in [0.25, 0.3) is 10.0 Å². The van der Waals surface area contributed by atoms with Crippen LogP contribution in [0.5, 0.6) is 0 Å². The Morgan fingerprint density at radius 3 is 2.33 bits per heavy atom. The Morgan fingerprint density at radius 1 is 1.04 bits per heavy atom. The van der Waals surface area contributed by atoms with Gasteiger partial charge >= 0.3 is 0 Å². The van der Waals surface area contributed by atoms with E-state index in [1.54, 1.807) is 12.1 Å². The molecule has 2 amide bonds. The van der Waals surface area contributed by atoms with Crippen molar-refractivity contribution >= 4 is 21.8 Å². The highest BCUT2D eigenvalue weighted by Gasteiger charge is 2.44. The summed E-state index contributed by atoms with van der Waals surface area (Å²) in [5, 5.41) is 3.00. The van der Waals surface area contributed by atoms with Gasteiger partial charge in [0.1, 0.15) is 6.04 Å². The molecule has 0 radical (unpaired) electrons. The van der Waals surface area contributed by atoms with Crippen LogP contribution in [0.1, 0.15) is 62.5 Å². The minimum absolute atomic E-state index is 0.0631. The van der Waals surface area contributed by atoms with Crippen LogP contribution in [0.15, 0.2) is 23.1 Å². The van der Waals surface area contributed by atoms with Crippen LogP contribution in [0.4, 0.5) is 0 Å². The van der Waals surface area contributed by atoms with E-state index >= 15 is 0 Å². The molecule has 2 fully saturated rings. The first kappa shape index (κ1) is 19.9. The molecule has 1 aromatic rings. The Bertz CT molecular complexity index is 826. The Labute approximate surface area is 161 Å². The molecule has 0 spiro atoms. The minimum atomic E-state index is -4.05. The summed E-state index contributed by atoms with van der Waals surface area (Å²) in [6, 6.07) is 3.91. The van der Waals surface area contributed by atoms with Crippen LogP contribution in [0, 0.1) is 13.8 Å². The first-order chi connectivity index (χ1) is 12.8. The van der Waals surface area contributed by atoms with Crippen LogP contribution in [0.3, 0.4) is 0 Å². The summed E-state index contributed by atoms with van der Waals surface area (Å²) in [6.07, 6.45) is 6.61. The van der Waals surface area contributed by atoms with E-state index in [-0.39, 0.29) is 29.7 Å². The van der Waals surface area contributed by atoms with Gasteiger partial charge in [-0.1, -0.05) is 31.7 Å². The molecule has 7 heteroatoms. The van der Waals surface area contributed by atoms with Crippen molar-refractivity contribution in [3.8, 4) is 0 Å². The van der Waals surface area contributed by atoms with Crippen molar-refractivity contribution in [2.75, 3.05) is 0 Å². The molecule has 0 bridgehead atoms. The van der Waals surface area contributed by atoms with Crippen molar-refractivity contribution in [3.63, 3.8) is 0 Å². The molecular formula is C20H28N2O4S. The van der Waals surface area contributed by atoms with Gasteiger partial charge in [0, 0.05) is 12.5 Å². The molecule has 3 rings (SSSR count). The topological polar surface area (TPSA) is 83.6 Å². The maximum Gasteiger partial charge on any atom is 0.267 e. The quantitative estimate of drug-likeness (QED) is 0.799. The highest BCUT2D eigenvalue weighted by Crippen LogP contribution is 2.29. The van der Waals surface area contributed by atoms with Gasteiger partial charge in [-0.25, -0.2) is 12.7 Å². The number of aryl methyl sites for hydroxylation is 2. The minimum Gasteiger partial charge on any atom is -0.352 e. The second kappa shape index (κ2) is 8.00. The van der Waals surface area contributed by atoms with Crippen LogP contribution < -0.4 is 5.32 Å². The Morgan fingerprint density at radius 2 is 1.70 bits per heavy atom. The second-order valence-electron chi connectivity index (χ2n) is 7.69. The molecule has 27 heavy (non-hydrogen) atoms. The van der Waals surface area contributed by atoms with Gasteiger partial charge in [0.05, 0.1) is 4.90 Å². The Hall–Kier alpha value is -1.89. The van der Waals surface area contributed by atoms with E-state index in [0.29, 0.717) is 0 Å². The molecule has 1 saturated heterocycles. The first-order valence-corrected chi connectivity index (χ1v) is 11.2. The number of nitrogens with zero attached hydrogens (tertiary/aromatic N) is 1. The Balaban J connectivity index is 1.82. The molecule has 1 atom stereocenters. The average molecular weight is 393 g/mol. The van der Waals surface area contributed by atoms with E-state index in [4.69, 9.17) is 0 Å². The maximum absolute atomic E-state index is 13.1. The fraction of sp³-hybridized carbons (Fsp3) is 0.600. The largest absolute Gasteiger partial charge is 0.352 e. The second-order valence-corrected chi connectivity index (χ2v) is 9.51. The molecule has 148 valence electrons. The number of rotatable bonds is 4. The summed E-state index contributed by atoms with van der Waals surface area (Å²) >= 11 is 0. The third kappa shape index (κ3) is 4.18. The Kier molecular flexibility index (Phi) is 5.89. The van der Waals surface area contributed by atoms with Crippen LogP contribution in [0.25, 0.3) is 0 Å². The van der Waals surface area contributed by atoms with Crippen molar-refractivity contribution in [2.45, 2.75) is 82.2 Å². The summed E-state index contributed by atoms with van der Waals surface area (Å²) < 4.78 is 27.0. The van der Waals surface area contributed by atoms with Crippen molar-refractivity contribution in [1.29, 1.82) is 0 Å². The molecule has 2 aliphatic rings. The third-order valence-corrected chi connectivity index (χ3v) is 7.53. The summed E-state index contributed by atoms with van der Waals surface area (Å²) in [6.45, 7) is 3.73. The number of nitrogens with one attached hydrogen (secondary N) is 1. The molecule has 0 aromatic heterocycles. The van der Waals surface area contributed by atoms with Crippen LogP contribution in [-0.4, -0.2) is 36.6 Å². The molecular weight excluding hydrogens is 364 g/mol. The van der Waals surface area contributed by atoms with Gasteiger partial charge in [-0.15, -0.1) is 0 Å². The van der Waals surface area contributed by atoms with E-state index in [1.807, 2.05) is 13.8 Å². The summed E-state index contributed by atoms with van der Waals surface area (Å²) in [5.74, 6) is -0.852. The maximum atomic E-state index is 13.1. The van der Waals surface area contributed by atoms with Gasteiger partial charge < -0.3 is 5.32 Å². The molecule has 1 aliphatic heterocycles. The van der Waals surface area contributed by atoms with E-state index in [2.05, 4.69) is 5.32 Å². The lowest BCUT2D eigenvalue weighted by Gasteiger charge is -2.26. The molecule has 1 saturated carbocycles. The lowest BCUT2D eigenvalue weighted by atomic mass is 10.1. The molecule has 0 unspecified atom stereocenters. The van der Waals surface area contributed by atoms with E-state index in [9.17, 15) is 18.0 Å². The number of carbonyl (C=O) groups is 2. The zero-order valence-electron chi connectivity index (χ0n) is 16.0. The van der Waals surface area contributed by atoms with Crippen LogP contribution in [0.2, 0.25) is 0 Å². The molecule has 1 N–H and O–H groups in total. The number of carbonyl (C=O) groups excluding carboxylic acids is 2. The zero-order chi connectivity index (χ0) is 19.6. The predicted molar refractivity (Wildman–Crippen MR) is 103 cm³/mol. The average Bonchev–Trinajstić information content (AvgIpc) is 2.84. The van der Waals surface area contributed by atoms with E-state index in [1.165, 1.54) is 18.9 Å². The lowest BCUT2D eigenvalue weighted by Crippen LogP contribution is -2.49. The van der Waals surface area contributed by atoms with Crippen molar-refractivity contribution in [1.82, 2.24) is 9.62 Å². The third-order valence-electron chi connectivity index (χ3n) is 5.70. The summed E-state index contributed by atoms with van der Waals surface area (Å²) in [5.41, 5.74) is 1.81. The van der Waals surface area contributed by atoms with Gasteiger partial charge in [0.15, 0.2) is 0 Å². The van der Waals surface area contributed by atoms with E-state index in [0.717, 1.165) is 41.1 Å². The highest BCUT2D eigenvalue weighted by molar-refractivity contribution is 7.89. The number of hydrogen-bond donors (Lipinski definition) is 1. The van der Waals surface area contributed by atoms with E-state index < -0.39 is 22.0 Å². The van der Waals surface area contributed by atoms with Gasteiger partial charge in [-0.2, -0.15) is 0 Å². The highest BCUT2D eigenvalue weighted by atomic mass is 32.2. The lowest BCUT2D eigenvalue weighted by molar-refractivity contribution is -0.131. The van der Waals surface area contributed by atoms with Crippen LogP contribution >= 0.6 is 0 Å². The van der Waals surface area contributed by atoms with Gasteiger partial charge in [0.2, 0.25) is 11.8 Å². The van der Waals surface area contributed by atoms with Gasteiger partial charge in [-0.3, -0.25) is 9.59 Å². The first-order valence-electron chi connectivity index (χ1n) is 9.75. The number of hydrogen-bond acceptors (Lipinski definition) is 4. The SMILES string of the molecule is Cc1ccc(S(=O)(=O)N2C(=O)CC[C@@H]2C(=O)NC2CCCCCC2)cc1C. The van der Waals surface area contributed by atoms with Crippen molar-refractivity contribution in [2.24, 2.45) is 0 Å². The summed E-state index contributed by atoms with van der Waals surface area (Å²) in [4.78, 5) is 25.2. The molecule has 1 aliphatic carbocycles. The normalized spacial score (nSPS) is 21.9. The smallest absolute Gasteiger partial charge is 0.267 e. The molecule has 6 nitrogen and oxygen atoms in total. The standard InChI is InChI=1S/C20H28N2O4S/c1-14-9-10-17(13-15(14)2)27(25,26)22-18(11-12-19(22)23)20(24)21-16-7-5-3-4-6-8-16/h9-10,13,16,18H,3-8,11-12H2,1-2H3,(H,21,24)/t18-/m1/s1. The predicted octanol–water partition coefficient (Wildman–Crippen LogP) is 2.82. The number of sulfonamides is 1. The summed E-state index contributed by atoms with van der Waals surface area (Å²) in [7, 11) is -4.05. The fourth-order valence-electron chi connectivity index (χ4n) is 3.91. The molecule has 1 heterocycles. The molecule has 1 aromatic carbocycles. The van der Waals surface area contributed by atoms with Crippen molar-refractivity contribution < 1.29 is 18.0 Å². The van der Waals surface area contributed by atoms with Gasteiger partial charge in [-0.05, 0) is 56.4 Å². The monoisotopic (exact) mass is 392 g/mol. The zero-order valence-corrected chi connectivity index (χ0v) is 16.8. The van der Waals surface area contributed by atoms with Crippen molar-refractivity contribution in [3.05, 3.63) is 29.3 Å². The fourth-order valence-corrected chi connectivity index (χ4v) is 5.60. The number of benzene rings is 1.